The zero-order chi connectivity index (χ0) is 22.8. The van der Waals surface area contributed by atoms with E-state index >= 15 is 0 Å². The van der Waals surface area contributed by atoms with Crippen molar-refractivity contribution in [1.82, 2.24) is 10.2 Å². The quantitative estimate of drug-likeness (QED) is 0.272. The summed E-state index contributed by atoms with van der Waals surface area (Å²) in [5.41, 5.74) is 1.40. The van der Waals surface area contributed by atoms with E-state index < -0.39 is 17.9 Å². The molecule has 0 aliphatic carbocycles. The van der Waals surface area contributed by atoms with Gasteiger partial charge in [-0.3, -0.25) is 14.5 Å². The predicted octanol–water partition coefficient (Wildman–Crippen LogP) is 3.62. The number of Topliss-reactive ketones (excluding diaryl/α,β-unsaturated/α-hetero) is 1. The van der Waals surface area contributed by atoms with Gasteiger partial charge in [0.25, 0.3) is 5.91 Å². The molecule has 0 atom stereocenters. The zero-order valence-electron chi connectivity index (χ0n) is 17.2. The van der Waals surface area contributed by atoms with Crippen molar-refractivity contribution in [2.75, 3.05) is 7.11 Å². The Morgan fingerprint density at radius 3 is 2.47 bits per heavy atom. The normalized spacial score (nSPS) is 14.7. The number of furan rings is 2. The van der Waals surface area contributed by atoms with E-state index in [1.165, 1.54) is 32.2 Å². The lowest BCUT2D eigenvalue weighted by Gasteiger charge is -2.09. The first-order valence-electron chi connectivity index (χ1n) is 9.58. The Hall–Kier alpha value is -4.40. The maximum Gasteiger partial charge on any atom is 0.373 e. The standard InChI is InChI=1S/C23H18N2O7/c1-13(26)14-3-5-15(6-4-14)19-9-7-16(31-19)11-18-21(27)25(23(29)24-18)12-17-8-10-20(32-17)22(28)30-2/h3-11H,12H2,1-2H3,(H,24,29). The van der Waals surface area contributed by atoms with Crippen LogP contribution >= 0.6 is 0 Å². The predicted molar refractivity (Wildman–Crippen MR) is 111 cm³/mol. The van der Waals surface area contributed by atoms with E-state index in [1.54, 1.807) is 36.4 Å². The van der Waals surface area contributed by atoms with Crippen LogP contribution in [0, 0.1) is 0 Å². The number of benzene rings is 1. The molecule has 4 rings (SSSR count). The lowest BCUT2D eigenvalue weighted by molar-refractivity contribution is -0.123. The maximum absolute atomic E-state index is 12.7. The second kappa shape index (κ2) is 8.38. The third-order valence-corrected chi connectivity index (χ3v) is 4.81. The van der Waals surface area contributed by atoms with Crippen molar-refractivity contribution in [3.05, 3.63) is 77.1 Å². The van der Waals surface area contributed by atoms with Gasteiger partial charge in [-0.2, -0.15) is 0 Å². The number of carbonyl (C=O) groups is 4. The zero-order valence-corrected chi connectivity index (χ0v) is 17.2. The number of esters is 1. The van der Waals surface area contributed by atoms with Crippen molar-refractivity contribution in [3.63, 3.8) is 0 Å². The Morgan fingerprint density at radius 2 is 1.78 bits per heavy atom. The van der Waals surface area contributed by atoms with E-state index in [0.29, 0.717) is 17.1 Å². The Balaban J connectivity index is 1.49. The topological polar surface area (TPSA) is 119 Å². The average molecular weight is 434 g/mol. The van der Waals surface area contributed by atoms with Crippen LogP contribution in [0.4, 0.5) is 4.79 Å². The number of ketones is 1. The van der Waals surface area contributed by atoms with Crippen molar-refractivity contribution < 1.29 is 32.7 Å². The molecule has 0 unspecified atom stereocenters. The lowest BCUT2D eigenvalue weighted by atomic mass is 10.1. The summed E-state index contributed by atoms with van der Waals surface area (Å²) in [5.74, 6) is -0.0984. The summed E-state index contributed by atoms with van der Waals surface area (Å²) in [6, 6.07) is 12.6. The summed E-state index contributed by atoms with van der Waals surface area (Å²) >= 11 is 0. The summed E-state index contributed by atoms with van der Waals surface area (Å²) in [6.45, 7) is 1.34. The van der Waals surface area contributed by atoms with Gasteiger partial charge in [0.05, 0.1) is 13.7 Å². The van der Waals surface area contributed by atoms with E-state index in [9.17, 15) is 19.2 Å². The lowest BCUT2D eigenvalue weighted by Crippen LogP contribution is -2.30. The SMILES string of the molecule is COC(=O)c1ccc(CN2C(=O)NC(=Cc3ccc(-c4ccc(C(C)=O)cc4)o3)C2=O)o1. The maximum atomic E-state index is 12.7. The van der Waals surface area contributed by atoms with Crippen LogP contribution in [-0.4, -0.2) is 35.7 Å². The summed E-state index contributed by atoms with van der Waals surface area (Å²) in [7, 11) is 1.22. The first kappa shape index (κ1) is 20.9. The molecule has 1 aromatic carbocycles. The highest BCUT2D eigenvalue weighted by Crippen LogP contribution is 2.25. The van der Waals surface area contributed by atoms with Crippen LogP contribution in [0.2, 0.25) is 0 Å². The van der Waals surface area contributed by atoms with Gasteiger partial charge in [0.15, 0.2) is 5.78 Å². The number of hydrogen-bond acceptors (Lipinski definition) is 7. The molecule has 1 aliphatic heterocycles. The van der Waals surface area contributed by atoms with Crippen LogP contribution in [0.1, 0.15) is 39.4 Å². The molecule has 0 bridgehead atoms. The fourth-order valence-corrected chi connectivity index (χ4v) is 3.14. The Labute approximate surface area is 182 Å². The van der Waals surface area contributed by atoms with E-state index in [2.05, 4.69) is 10.1 Å². The number of carbonyl (C=O) groups excluding carboxylic acids is 4. The number of rotatable bonds is 6. The van der Waals surface area contributed by atoms with Gasteiger partial charge in [0.2, 0.25) is 5.76 Å². The average Bonchev–Trinajstić information content (AvgIpc) is 3.50. The molecule has 3 aromatic rings. The molecule has 3 amide bonds. The van der Waals surface area contributed by atoms with Gasteiger partial charge in [-0.25, -0.2) is 9.59 Å². The molecule has 1 N–H and O–H groups in total. The number of amides is 3. The first-order chi connectivity index (χ1) is 15.4. The highest BCUT2D eigenvalue weighted by atomic mass is 16.5. The molecule has 1 fully saturated rings. The third kappa shape index (κ3) is 4.08. The molecule has 162 valence electrons. The largest absolute Gasteiger partial charge is 0.463 e. The molecule has 32 heavy (non-hydrogen) atoms. The first-order valence-corrected chi connectivity index (χ1v) is 9.58. The fraction of sp³-hybridized carbons (Fsp3) is 0.130. The highest BCUT2D eigenvalue weighted by Gasteiger charge is 2.34. The van der Waals surface area contributed by atoms with Gasteiger partial charge in [0.1, 0.15) is 23.0 Å². The highest BCUT2D eigenvalue weighted by molar-refractivity contribution is 6.13. The van der Waals surface area contributed by atoms with Crippen LogP contribution < -0.4 is 5.32 Å². The molecule has 0 spiro atoms. The van der Waals surface area contributed by atoms with Gasteiger partial charge >= 0.3 is 12.0 Å². The summed E-state index contributed by atoms with van der Waals surface area (Å²) in [4.78, 5) is 48.8. The van der Waals surface area contributed by atoms with Gasteiger partial charge in [-0.15, -0.1) is 0 Å². The third-order valence-electron chi connectivity index (χ3n) is 4.81. The minimum atomic E-state index is -0.654. The number of ether oxygens (including phenoxy) is 1. The van der Waals surface area contributed by atoms with Crippen LogP contribution in [-0.2, 0) is 16.1 Å². The number of methoxy groups -OCH3 is 1. The minimum Gasteiger partial charge on any atom is -0.463 e. The molecule has 1 saturated heterocycles. The summed E-state index contributed by atoms with van der Waals surface area (Å²) < 4.78 is 15.6. The van der Waals surface area contributed by atoms with Crippen LogP contribution in [0.25, 0.3) is 17.4 Å². The number of nitrogens with zero attached hydrogens (tertiary/aromatic N) is 1. The van der Waals surface area contributed by atoms with Crippen LogP contribution in [0.3, 0.4) is 0 Å². The van der Waals surface area contributed by atoms with Crippen molar-refractivity contribution in [1.29, 1.82) is 0 Å². The molecule has 2 aromatic heterocycles. The molecular formula is C23H18N2O7. The number of hydrogen-bond donors (Lipinski definition) is 1. The molecule has 9 nitrogen and oxygen atoms in total. The van der Waals surface area contributed by atoms with Crippen LogP contribution in [0.5, 0.6) is 0 Å². The molecular weight excluding hydrogens is 416 g/mol. The van der Waals surface area contributed by atoms with Gasteiger partial charge in [-0.05, 0) is 31.2 Å². The Kier molecular flexibility index (Phi) is 5.46. The summed E-state index contributed by atoms with van der Waals surface area (Å²) in [5, 5.41) is 2.50. The van der Waals surface area contributed by atoms with E-state index in [-0.39, 0.29) is 29.5 Å². The van der Waals surface area contributed by atoms with E-state index in [1.807, 2.05) is 0 Å². The number of urea groups is 1. The summed E-state index contributed by atoms with van der Waals surface area (Å²) in [6.07, 6.45) is 1.43. The van der Waals surface area contributed by atoms with Crippen molar-refractivity contribution in [2.45, 2.75) is 13.5 Å². The molecule has 1 aliphatic rings. The minimum absolute atomic E-state index is 0.0234. The molecule has 9 heteroatoms. The number of nitrogens with one attached hydrogen (secondary N) is 1. The second-order valence-electron chi connectivity index (χ2n) is 6.97. The second-order valence-corrected chi connectivity index (χ2v) is 6.97. The van der Waals surface area contributed by atoms with Gasteiger partial charge < -0.3 is 18.9 Å². The van der Waals surface area contributed by atoms with Gasteiger partial charge in [0, 0.05) is 17.2 Å². The Morgan fingerprint density at radius 1 is 1.03 bits per heavy atom. The van der Waals surface area contributed by atoms with E-state index in [0.717, 1.165) is 10.5 Å². The molecule has 0 saturated carbocycles. The monoisotopic (exact) mass is 434 g/mol. The Bertz CT molecular complexity index is 1250. The molecule has 0 radical (unpaired) electrons. The van der Waals surface area contributed by atoms with Crippen molar-refractivity contribution in [3.8, 4) is 11.3 Å². The van der Waals surface area contributed by atoms with Crippen molar-refractivity contribution in [2.24, 2.45) is 0 Å². The molecule has 3 heterocycles. The van der Waals surface area contributed by atoms with Crippen LogP contribution in [0.15, 0.2) is 63.1 Å². The van der Waals surface area contributed by atoms with Gasteiger partial charge in [-0.1, -0.05) is 24.3 Å². The van der Waals surface area contributed by atoms with Crippen molar-refractivity contribution >= 4 is 29.8 Å². The fourth-order valence-electron chi connectivity index (χ4n) is 3.14. The smallest absolute Gasteiger partial charge is 0.373 e. The number of imide groups is 1. The van der Waals surface area contributed by atoms with E-state index in [4.69, 9.17) is 8.83 Å².